The van der Waals surface area contributed by atoms with Gasteiger partial charge in [-0.2, -0.15) is 5.10 Å². The summed E-state index contributed by atoms with van der Waals surface area (Å²) in [5.41, 5.74) is 1.19. The van der Waals surface area contributed by atoms with E-state index in [9.17, 15) is 0 Å². The van der Waals surface area contributed by atoms with Crippen molar-refractivity contribution in [1.82, 2.24) is 25.4 Å². The summed E-state index contributed by atoms with van der Waals surface area (Å²) >= 11 is 6.28. The van der Waals surface area contributed by atoms with Crippen molar-refractivity contribution in [3.63, 3.8) is 0 Å². The molecule has 2 aromatic rings. The van der Waals surface area contributed by atoms with Crippen LogP contribution >= 0.6 is 35.6 Å². The number of halogens is 2. The number of hydrogen-bond donors (Lipinski definition) is 2. The topological polar surface area (TPSA) is 70.4 Å². The molecule has 0 amide bonds. The normalized spacial score (nSPS) is 16.8. The molecule has 9 heteroatoms. The highest BCUT2D eigenvalue weighted by Gasteiger charge is 2.25. The highest BCUT2D eigenvalue weighted by atomic mass is 127. The standard InChI is InChI=1S/C19H28ClN7.HI/c1-3-21-19(23-9-5-10-27-13-15(2)12-24-27)25-16-7-11-26(14-16)18-17(20)6-4-8-22-18;/h4,6,8,12-13,16H,3,5,7,9-11,14H2,1-2H3,(H2,21,23,25);1H. The van der Waals surface area contributed by atoms with Gasteiger partial charge in [-0.1, -0.05) is 11.6 Å². The number of nitrogens with one attached hydrogen (secondary N) is 2. The number of pyridine rings is 1. The quantitative estimate of drug-likeness (QED) is 0.256. The first-order valence-corrected chi connectivity index (χ1v) is 9.93. The maximum atomic E-state index is 6.28. The van der Waals surface area contributed by atoms with E-state index < -0.39 is 0 Å². The third-order valence-corrected chi connectivity index (χ3v) is 4.78. The molecule has 0 spiro atoms. The highest BCUT2D eigenvalue weighted by molar-refractivity contribution is 14.0. The predicted octanol–water partition coefficient (Wildman–Crippen LogP) is 3.08. The number of aryl methyl sites for hydroxylation is 2. The van der Waals surface area contributed by atoms with Crippen LogP contribution in [0.1, 0.15) is 25.3 Å². The van der Waals surface area contributed by atoms with Crippen molar-refractivity contribution in [2.24, 2.45) is 4.99 Å². The summed E-state index contributed by atoms with van der Waals surface area (Å²) in [5, 5.41) is 11.9. The third-order valence-electron chi connectivity index (χ3n) is 4.49. The molecule has 1 atom stereocenters. The van der Waals surface area contributed by atoms with Gasteiger partial charge in [0.15, 0.2) is 5.96 Å². The molecule has 0 aliphatic carbocycles. The minimum absolute atomic E-state index is 0. The molecule has 1 unspecified atom stereocenters. The number of aromatic nitrogens is 3. The Morgan fingerprint density at radius 3 is 3.00 bits per heavy atom. The lowest BCUT2D eigenvalue weighted by Crippen LogP contribution is -2.44. The molecule has 1 aliphatic rings. The second-order valence-corrected chi connectivity index (χ2v) is 7.19. The Morgan fingerprint density at radius 2 is 2.29 bits per heavy atom. The first-order valence-electron chi connectivity index (χ1n) is 9.55. The molecule has 2 N–H and O–H groups in total. The molecule has 0 saturated carbocycles. The second-order valence-electron chi connectivity index (χ2n) is 6.78. The van der Waals surface area contributed by atoms with Gasteiger partial charge >= 0.3 is 0 Å². The molecule has 3 heterocycles. The summed E-state index contributed by atoms with van der Waals surface area (Å²) in [6.45, 7) is 8.42. The number of aliphatic imine (C=N–C) groups is 1. The van der Waals surface area contributed by atoms with Crippen LogP contribution in [-0.2, 0) is 6.54 Å². The van der Waals surface area contributed by atoms with Crippen LogP contribution in [0, 0.1) is 6.92 Å². The second kappa shape index (κ2) is 11.5. The average molecular weight is 518 g/mol. The van der Waals surface area contributed by atoms with Gasteiger partial charge in [0.05, 0.1) is 11.2 Å². The molecule has 2 aromatic heterocycles. The van der Waals surface area contributed by atoms with Gasteiger partial charge in [0.25, 0.3) is 0 Å². The molecule has 1 aliphatic heterocycles. The molecule has 0 radical (unpaired) electrons. The van der Waals surface area contributed by atoms with Crippen LogP contribution in [0.5, 0.6) is 0 Å². The zero-order valence-corrected chi connectivity index (χ0v) is 19.5. The first-order chi connectivity index (χ1) is 13.2. The van der Waals surface area contributed by atoms with Crippen LogP contribution in [0.3, 0.4) is 0 Å². The van der Waals surface area contributed by atoms with E-state index in [0.717, 1.165) is 57.3 Å². The van der Waals surface area contributed by atoms with Crippen molar-refractivity contribution in [3.8, 4) is 0 Å². The van der Waals surface area contributed by atoms with Crippen molar-refractivity contribution in [2.75, 3.05) is 31.1 Å². The number of guanidine groups is 1. The molecule has 7 nitrogen and oxygen atoms in total. The van der Waals surface area contributed by atoms with Gasteiger partial charge in [0.1, 0.15) is 5.82 Å². The Morgan fingerprint density at radius 1 is 1.43 bits per heavy atom. The summed E-state index contributed by atoms with van der Waals surface area (Å²) in [6, 6.07) is 4.07. The monoisotopic (exact) mass is 517 g/mol. The summed E-state index contributed by atoms with van der Waals surface area (Å²) in [7, 11) is 0. The minimum atomic E-state index is 0. The summed E-state index contributed by atoms with van der Waals surface area (Å²) in [4.78, 5) is 11.3. The molecular formula is C19H29ClIN7. The molecule has 1 fully saturated rings. The van der Waals surface area contributed by atoms with Crippen LogP contribution in [0.2, 0.25) is 5.02 Å². The molecule has 3 rings (SSSR count). The van der Waals surface area contributed by atoms with Gasteiger partial charge in [-0.3, -0.25) is 9.67 Å². The van der Waals surface area contributed by atoms with Gasteiger partial charge in [-0.05, 0) is 44.4 Å². The summed E-state index contributed by atoms with van der Waals surface area (Å²) in [6.07, 6.45) is 7.72. The van der Waals surface area contributed by atoms with E-state index in [1.807, 2.05) is 23.0 Å². The van der Waals surface area contributed by atoms with Crippen molar-refractivity contribution < 1.29 is 0 Å². The molecule has 154 valence electrons. The van der Waals surface area contributed by atoms with E-state index in [0.29, 0.717) is 11.1 Å². The fourth-order valence-corrected chi connectivity index (χ4v) is 3.45. The van der Waals surface area contributed by atoms with Crippen molar-refractivity contribution >= 4 is 47.4 Å². The Labute approximate surface area is 189 Å². The fraction of sp³-hybridized carbons (Fsp3) is 0.526. The van der Waals surface area contributed by atoms with Crippen molar-refractivity contribution in [3.05, 3.63) is 41.3 Å². The number of rotatable bonds is 7. The SMILES string of the molecule is CCNC(=NCCCn1cc(C)cn1)NC1CCN(c2ncccc2Cl)C1.I. The van der Waals surface area contributed by atoms with Gasteiger partial charge < -0.3 is 15.5 Å². The molecule has 1 saturated heterocycles. The maximum Gasteiger partial charge on any atom is 0.191 e. The average Bonchev–Trinajstić information content (AvgIpc) is 3.28. The van der Waals surface area contributed by atoms with Crippen LogP contribution < -0.4 is 15.5 Å². The van der Waals surface area contributed by atoms with Gasteiger partial charge in [-0.25, -0.2) is 4.98 Å². The van der Waals surface area contributed by atoms with Crippen LogP contribution in [0.25, 0.3) is 0 Å². The Balaban J connectivity index is 0.00000280. The van der Waals surface area contributed by atoms with Gasteiger partial charge in [0.2, 0.25) is 0 Å². The van der Waals surface area contributed by atoms with E-state index >= 15 is 0 Å². The third kappa shape index (κ3) is 6.51. The lowest BCUT2D eigenvalue weighted by atomic mass is 10.3. The van der Waals surface area contributed by atoms with Gasteiger partial charge in [0, 0.05) is 51.2 Å². The Kier molecular flexibility index (Phi) is 9.30. The van der Waals surface area contributed by atoms with Crippen LogP contribution in [-0.4, -0.2) is 52.9 Å². The van der Waals surface area contributed by atoms with E-state index in [1.165, 1.54) is 5.56 Å². The maximum absolute atomic E-state index is 6.28. The van der Waals surface area contributed by atoms with E-state index in [-0.39, 0.29) is 24.0 Å². The molecule has 0 bridgehead atoms. The Hall–Kier alpha value is -1.55. The van der Waals surface area contributed by atoms with Crippen LogP contribution in [0.15, 0.2) is 35.7 Å². The van der Waals surface area contributed by atoms with E-state index in [2.05, 4.69) is 45.7 Å². The number of hydrogen-bond acceptors (Lipinski definition) is 4. The molecule has 28 heavy (non-hydrogen) atoms. The molecule has 0 aromatic carbocycles. The lowest BCUT2D eigenvalue weighted by molar-refractivity contribution is 0.581. The smallest absolute Gasteiger partial charge is 0.191 e. The zero-order chi connectivity index (χ0) is 19.1. The first kappa shape index (κ1) is 22.7. The zero-order valence-electron chi connectivity index (χ0n) is 16.4. The molecular weight excluding hydrogens is 489 g/mol. The van der Waals surface area contributed by atoms with E-state index in [4.69, 9.17) is 16.6 Å². The largest absolute Gasteiger partial charge is 0.357 e. The number of anilines is 1. The lowest BCUT2D eigenvalue weighted by Gasteiger charge is -2.20. The summed E-state index contributed by atoms with van der Waals surface area (Å²) < 4.78 is 1.97. The van der Waals surface area contributed by atoms with Crippen molar-refractivity contribution in [2.45, 2.75) is 39.3 Å². The highest BCUT2D eigenvalue weighted by Crippen LogP contribution is 2.25. The van der Waals surface area contributed by atoms with Gasteiger partial charge in [-0.15, -0.1) is 24.0 Å². The van der Waals surface area contributed by atoms with Crippen LogP contribution in [0.4, 0.5) is 5.82 Å². The fourth-order valence-electron chi connectivity index (χ4n) is 3.21. The predicted molar refractivity (Wildman–Crippen MR) is 126 cm³/mol. The minimum Gasteiger partial charge on any atom is -0.357 e. The van der Waals surface area contributed by atoms with Crippen molar-refractivity contribution in [1.29, 1.82) is 0 Å². The van der Waals surface area contributed by atoms with E-state index in [1.54, 1.807) is 6.20 Å². The number of nitrogens with zero attached hydrogens (tertiary/aromatic N) is 5. The summed E-state index contributed by atoms with van der Waals surface area (Å²) in [5.74, 6) is 1.73. The Bertz CT molecular complexity index is 764.